The minimum atomic E-state index is -0.264. The summed E-state index contributed by atoms with van der Waals surface area (Å²) in [5.74, 6) is 0.0928. The van der Waals surface area contributed by atoms with Crippen LogP contribution >= 0.6 is 11.6 Å². The van der Waals surface area contributed by atoms with Gasteiger partial charge in [0.15, 0.2) is 5.82 Å². The molecule has 0 unspecified atom stereocenters. The quantitative estimate of drug-likeness (QED) is 0.873. The highest BCUT2D eigenvalue weighted by Crippen LogP contribution is 2.18. The van der Waals surface area contributed by atoms with Crippen LogP contribution in [0.15, 0.2) is 36.5 Å². The first-order valence-electron chi connectivity index (χ1n) is 5.36. The number of anilines is 2. The van der Waals surface area contributed by atoms with Gasteiger partial charge in [-0.2, -0.15) is 0 Å². The van der Waals surface area contributed by atoms with Gasteiger partial charge in [0.1, 0.15) is 0 Å². The minimum absolute atomic E-state index is 0.264. The molecule has 5 heteroatoms. The molecule has 4 nitrogen and oxygen atoms in total. The van der Waals surface area contributed by atoms with Crippen LogP contribution in [0, 0.1) is 6.92 Å². The second-order valence-electron chi connectivity index (χ2n) is 3.86. The molecule has 0 radical (unpaired) electrons. The van der Waals surface area contributed by atoms with Crippen molar-refractivity contribution in [3.8, 4) is 0 Å². The van der Waals surface area contributed by atoms with E-state index in [0.29, 0.717) is 22.1 Å². The number of halogens is 1. The molecule has 2 rings (SSSR count). The molecule has 1 heterocycles. The molecule has 1 aromatic heterocycles. The number of hydrogen-bond acceptors (Lipinski definition) is 3. The van der Waals surface area contributed by atoms with E-state index in [9.17, 15) is 4.79 Å². The lowest BCUT2D eigenvalue weighted by Crippen LogP contribution is -2.14. The molecule has 2 aromatic rings. The molecule has 0 bridgehead atoms. The molecule has 92 valence electrons. The summed E-state index contributed by atoms with van der Waals surface area (Å²) in [7, 11) is 0. The van der Waals surface area contributed by atoms with Crippen molar-refractivity contribution < 1.29 is 4.79 Å². The Morgan fingerprint density at radius 3 is 2.83 bits per heavy atom. The van der Waals surface area contributed by atoms with Gasteiger partial charge in [-0.05, 0) is 42.8 Å². The first-order chi connectivity index (χ1) is 8.58. The smallest absolute Gasteiger partial charge is 0.256 e. The van der Waals surface area contributed by atoms with Crippen LogP contribution < -0.4 is 11.1 Å². The van der Waals surface area contributed by atoms with E-state index in [-0.39, 0.29) is 5.91 Å². The van der Waals surface area contributed by atoms with Crippen molar-refractivity contribution in [2.24, 2.45) is 0 Å². The lowest BCUT2D eigenvalue weighted by Gasteiger charge is -2.07. The van der Waals surface area contributed by atoms with Crippen LogP contribution in [0.5, 0.6) is 0 Å². The fourth-order valence-electron chi connectivity index (χ4n) is 1.49. The number of nitrogens with one attached hydrogen (secondary N) is 1. The van der Waals surface area contributed by atoms with Crippen molar-refractivity contribution in [3.05, 3.63) is 52.7 Å². The Labute approximate surface area is 110 Å². The summed E-state index contributed by atoms with van der Waals surface area (Å²) in [6.45, 7) is 1.84. The van der Waals surface area contributed by atoms with Gasteiger partial charge in [0, 0.05) is 16.8 Å². The number of aromatic nitrogens is 1. The Kier molecular flexibility index (Phi) is 3.48. The second-order valence-corrected chi connectivity index (χ2v) is 4.27. The van der Waals surface area contributed by atoms with Crippen molar-refractivity contribution in [2.45, 2.75) is 6.92 Å². The number of nitrogen functional groups attached to an aromatic ring is 1. The molecule has 18 heavy (non-hydrogen) atoms. The van der Waals surface area contributed by atoms with Crippen molar-refractivity contribution in [2.75, 3.05) is 11.1 Å². The molecule has 0 aliphatic rings. The maximum Gasteiger partial charge on any atom is 0.256 e. The maximum atomic E-state index is 12.0. The molecule has 3 N–H and O–H groups in total. The van der Waals surface area contributed by atoms with E-state index in [1.54, 1.807) is 36.5 Å². The third kappa shape index (κ3) is 2.60. The SMILES string of the molecule is Cc1cc(C(=O)Nc2ncccc2N)ccc1Cl. The van der Waals surface area contributed by atoms with Gasteiger partial charge in [-0.3, -0.25) is 4.79 Å². The fourth-order valence-corrected chi connectivity index (χ4v) is 1.61. The minimum Gasteiger partial charge on any atom is -0.396 e. The molecule has 0 fully saturated rings. The Morgan fingerprint density at radius 1 is 1.39 bits per heavy atom. The molecule has 0 saturated carbocycles. The van der Waals surface area contributed by atoms with Crippen molar-refractivity contribution in [1.82, 2.24) is 4.98 Å². The number of pyridine rings is 1. The van der Waals surface area contributed by atoms with E-state index in [1.807, 2.05) is 6.92 Å². The number of benzene rings is 1. The third-order valence-electron chi connectivity index (χ3n) is 2.49. The van der Waals surface area contributed by atoms with Crippen LogP contribution in [0.25, 0.3) is 0 Å². The Morgan fingerprint density at radius 2 is 2.17 bits per heavy atom. The molecule has 0 saturated heterocycles. The van der Waals surface area contributed by atoms with Gasteiger partial charge < -0.3 is 11.1 Å². The van der Waals surface area contributed by atoms with Gasteiger partial charge >= 0.3 is 0 Å². The van der Waals surface area contributed by atoms with E-state index >= 15 is 0 Å². The Bertz CT molecular complexity index is 599. The number of nitrogens with zero attached hydrogens (tertiary/aromatic N) is 1. The van der Waals surface area contributed by atoms with Crippen LogP contribution in [0.3, 0.4) is 0 Å². The van der Waals surface area contributed by atoms with E-state index in [1.165, 1.54) is 0 Å². The Balaban J connectivity index is 2.22. The highest BCUT2D eigenvalue weighted by atomic mass is 35.5. The normalized spacial score (nSPS) is 10.1. The summed E-state index contributed by atoms with van der Waals surface area (Å²) < 4.78 is 0. The van der Waals surface area contributed by atoms with Crippen molar-refractivity contribution >= 4 is 29.0 Å². The van der Waals surface area contributed by atoms with Crippen LogP contribution in [-0.2, 0) is 0 Å². The lowest BCUT2D eigenvalue weighted by atomic mass is 10.1. The fraction of sp³-hybridized carbons (Fsp3) is 0.0769. The molecule has 1 aromatic carbocycles. The highest BCUT2D eigenvalue weighted by Gasteiger charge is 2.09. The van der Waals surface area contributed by atoms with Crippen LogP contribution in [-0.4, -0.2) is 10.9 Å². The number of aryl methyl sites for hydroxylation is 1. The zero-order valence-corrected chi connectivity index (χ0v) is 10.5. The van der Waals surface area contributed by atoms with Gasteiger partial charge in [0.2, 0.25) is 0 Å². The summed E-state index contributed by atoms with van der Waals surface area (Å²) in [6, 6.07) is 8.45. The topological polar surface area (TPSA) is 68.0 Å². The van der Waals surface area contributed by atoms with E-state index in [0.717, 1.165) is 5.56 Å². The van der Waals surface area contributed by atoms with Gasteiger partial charge in [-0.25, -0.2) is 4.98 Å². The molecular weight excluding hydrogens is 250 g/mol. The lowest BCUT2D eigenvalue weighted by molar-refractivity contribution is 0.102. The molecule has 0 aliphatic carbocycles. The average Bonchev–Trinajstić information content (AvgIpc) is 2.35. The van der Waals surface area contributed by atoms with Gasteiger partial charge in [0.25, 0.3) is 5.91 Å². The largest absolute Gasteiger partial charge is 0.396 e. The molecule has 0 atom stereocenters. The first-order valence-corrected chi connectivity index (χ1v) is 5.73. The number of carbonyl (C=O) groups excluding carboxylic acids is 1. The number of carbonyl (C=O) groups is 1. The zero-order chi connectivity index (χ0) is 13.1. The van der Waals surface area contributed by atoms with E-state index in [4.69, 9.17) is 17.3 Å². The van der Waals surface area contributed by atoms with Crippen molar-refractivity contribution in [1.29, 1.82) is 0 Å². The molecule has 0 spiro atoms. The summed E-state index contributed by atoms with van der Waals surface area (Å²) in [6.07, 6.45) is 1.57. The van der Waals surface area contributed by atoms with E-state index < -0.39 is 0 Å². The predicted molar refractivity (Wildman–Crippen MR) is 72.8 cm³/mol. The standard InChI is InChI=1S/C13H12ClN3O/c1-8-7-9(4-5-10(8)14)13(18)17-12-11(15)3-2-6-16-12/h2-7H,15H2,1H3,(H,16,17,18). The van der Waals surface area contributed by atoms with Gasteiger partial charge in [-0.15, -0.1) is 0 Å². The van der Waals surface area contributed by atoms with E-state index in [2.05, 4.69) is 10.3 Å². The predicted octanol–water partition coefficient (Wildman–Crippen LogP) is 2.88. The monoisotopic (exact) mass is 261 g/mol. The molecule has 1 amide bonds. The third-order valence-corrected chi connectivity index (χ3v) is 2.92. The first kappa shape index (κ1) is 12.4. The molecular formula is C13H12ClN3O. The number of nitrogens with two attached hydrogens (primary N) is 1. The van der Waals surface area contributed by atoms with Crippen LogP contribution in [0.4, 0.5) is 11.5 Å². The van der Waals surface area contributed by atoms with Gasteiger partial charge in [-0.1, -0.05) is 11.6 Å². The highest BCUT2D eigenvalue weighted by molar-refractivity contribution is 6.31. The summed E-state index contributed by atoms with van der Waals surface area (Å²) in [5, 5.41) is 3.28. The van der Waals surface area contributed by atoms with Gasteiger partial charge in [0.05, 0.1) is 5.69 Å². The zero-order valence-electron chi connectivity index (χ0n) is 9.77. The summed E-state index contributed by atoms with van der Waals surface area (Å²) >= 11 is 5.91. The Hall–Kier alpha value is -2.07. The van der Waals surface area contributed by atoms with Crippen molar-refractivity contribution in [3.63, 3.8) is 0 Å². The number of rotatable bonds is 2. The summed E-state index contributed by atoms with van der Waals surface area (Å²) in [5.41, 5.74) is 7.49. The number of amides is 1. The number of hydrogen-bond donors (Lipinski definition) is 2. The second kappa shape index (κ2) is 5.06. The van der Waals surface area contributed by atoms with Crippen LogP contribution in [0.2, 0.25) is 5.02 Å². The maximum absolute atomic E-state index is 12.0. The van der Waals surface area contributed by atoms with Crippen LogP contribution in [0.1, 0.15) is 15.9 Å². The summed E-state index contributed by atoms with van der Waals surface area (Å²) in [4.78, 5) is 16.0. The average molecular weight is 262 g/mol. The molecule has 0 aliphatic heterocycles.